The molecular weight excluding hydrogens is 176 g/mol. The number of hydrogen-bond donors (Lipinski definition) is 1. The molecular formula is C11H24N2O. The Morgan fingerprint density at radius 2 is 1.64 bits per heavy atom. The minimum atomic E-state index is 0.271. The van der Waals surface area contributed by atoms with E-state index in [4.69, 9.17) is 5.11 Å². The van der Waals surface area contributed by atoms with Gasteiger partial charge in [0.05, 0.1) is 6.61 Å². The molecule has 0 saturated heterocycles. The van der Waals surface area contributed by atoms with Crippen LogP contribution in [0.1, 0.15) is 25.7 Å². The molecule has 1 aliphatic rings. The predicted molar refractivity (Wildman–Crippen MR) is 59.4 cm³/mol. The molecule has 84 valence electrons. The summed E-state index contributed by atoms with van der Waals surface area (Å²) in [5.74, 6) is 0. The topological polar surface area (TPSA) is 26.7 Å². The fourth-order valence-corrected chi connectivity index (χ4v) is 2.53. The lowest BCUT2D eigenvalue weighted by Crippen LogP contribution is -2.50. The van der Waals surface area contributed by atoms with Crippen molar-refractivity contribution in [2.75, 3.05) is 34.3 Å². The van der Waals surface area contributed by atoms with Crippen LogP contribution in [0.4, 0.5) is 0 Å². The van der Waals surface area contributed by atoms with Gasteiger partial charge >= 0.3 is 0 Å². The molecule has 2 atom stereocenters. The molecule has 0 radical (unpaired) electrons. The molecule has 1 N–H and O–H groups in total. The quantitative estimate of drug-likeness (QED) is 0.726. The van der Waals surface area contributed by atoms with E-state index in [0.29, 0.717) is 12.1 Å². The predicted octanol–water partition coefficient (Wildman–Crippen LogP) is 0.783. The first-order chi connectivity index (χ1) is 6.66. The van der Waals surface area contributed by atoms with Gasteiger partial charge in [-0.05, 0) is 34.0 Å². The molecule has 14 heavy (non-hydrogen) atoms. The van der Waals surface area contributed by atoms with Gasteiger partial charge in [0.1, 0.15) is 0 Å². The average molecular weight is 200 g/mol. The van der Waals surface area contributed by atoms with E-state index in [-0.39, 0.29) is 6.61 Å². The molecule has 0 aromatic rings. The monoisotopic (exact) mass is 200 g/mol. The van der Waals surface area contributed by atoms with Crippen LogP contribution < -0.4 is 0 Å². The molecule has 1 aliphatic carbocycles. The first kappa shape index (κ1) is 12.0. The molecule has 3 nitrogen and oxygen atoms in total. The number of aliphatic hydroxyl groups is 1. The first-order valence-electron chi connectivity index (χ1n) is 5.64. The van der Waals surface area contributed by atoms with E-state index in [1.54, 1.807) is 0 Å². The molecule has 0 amide bonds. The van der Waals surface area contributed by atoms with E-state index in [9.17, 15) is 0 Å². The lowest BCUT2D eigenvalue weighted by atomic mass is 9.88. The Morgan fingerprint density at radius 3 is 2.14 bits per heavy atom. The lowest BCUT2D eigenvalue weighted by Gasteiger charge is -2.41. The maximum atomic E-state index is 8.94. The van der Waals surface area contributed by atoms with Gasteiger partial charge in [-0.3, -0.25) is 4.90 Å². The third-order valence-corrected chi connectivity index (χ3v) is 3.38. The van der Waals surface area contributed by atoms with Crippen molar-refractivity contribution >= 4 is 0 Å². The molecule has 0 unspecified atom stereocenters. The zero-order valence-corrected chi connectivity index (χ0v) is 9.74. The van der Waals surface area contributed by atoms with E-state index in [0.717, 1.165) is 6.54 Å². The molecule has 0 aromatic carbocycles. The Labute approximate surface area is 87.7 Å². The molecule has 0 spiro atoms. The SMILES string of the molecule is CN(C)[C@@H]1CCCC[C@H]1N(C)CCO. The van der Waals surface area contributed by atoms with E-state index in [1.165, 1.54) is 25.7 Å². The van der Waals surface area contributed by atoms with Gasteiger partial charge in [0, 0.05) is 18.6 Å². The summed E-state index contributed by atoms with van der Waals surface area (Å²) in [5, 5.41) is 8.94. The van der Waals surface area contributed by atoms with Crippen LogP contribution in [0.3, 0.4) is 0 Å². The average Bonchev–Trinajstić information content (AvgIpc) is 2.18. The van der Waals surface area contributed by atoms with Crippen molar-refractivity contribution in [1.82, 2.24) is 9.80 Å². The highest BCUT2D eigenvalue weighted by molar-refractivity contribution is 4.86. The van der Waals surface area contributed by atoms with Gasteiger partial charge in [-0.25, -0.2) is 0 Å². The molecule has 3 heteroatoms. The minimum Gasteiger partial charge on any atom is -0.395 e. The number of aliphatic hydroxyl groups excluding tert-OH is 1. The standard InChI is InChI=1S/C11H24N2O/c1-12(2)10-6-4-5-7-11(10)13(3)8-9-14/h10-11,14H,4-9H2,1-3H3/t10-,11-/m1/s1. The molecule has 0 aliphatic heterocycles. The molecule has 1 saturated carbocycles. The number of likely N-dealkylation sites (N-methyl/N-ethyl adjacent to an activating group) is 2. The molecule has 1 rings (SSSR count). The van der Waals surface area contributed by atoms with Crippen molar-refractivity contribution in [3.63, 3.8) is 0 Å². The Hall–Kier alpha value is -0.120. The van der Waals surface area contributed by atoms with Crippen LogP contribution in [-0.4, -0.2) is 61.3 Å². The van der Waals surface area contributed by atoms with Crippen LogP contribution in [0.15, 0.2) is 0 Å². The highest BCUT2D eigenvalue weighted by Gasteiger charge is 2.29. The Morgan fingerprint density at radius 1 is 1.07 bits per heavy atom. The van der Waals surface area contributed by atoms with E-state index < -0.39 is 0 Å². The normalized spacial score (nSPS) is 28.7. The summed E-state index contributed by atoms with van der Waals surface area (Å²) in [5.41, 5.74) is 0. The largest absolute Gasteiger partial charge is 0.395 e. The summed E-state index contributed by atoms with van der Waals surface area (Å²) < 4.78 is 0. The zero-order chi connectivity index (χ0) is 10.6. The van der Waals surface area contributed by atoms with Crippen LogP contribution in [0.25, 0.3) is 0 Å². The Bertz CT molecular complexity index is 161. The fraction of sp³-hybridized carbons (Fsp3) is 1.00. The lowest BCUT2D eigenvalue weighted by molar-refractivity contribution is 0.0792. The smallest absolute Gasteiger partial charge is 0.0558 e. The third kappa shape index (κ3) is 2.94. The van der Waals surface area contributed by atoms with E-state index in [2.05, 4.69) is 30.9 Å². The van der Waals surface area contributed by atoms with Crippen molar-refractivity contribution in [1.29, 1.82) is 0 Å². The summed E-state index contributed by atoms with van der Waals surface area (Å²) in [6.45, 7) is 1.07. The summed E-state index contributed by atoms with van der Waals surface area (Å²) in [7, 11) is 6.45. The summed E-state index contributed by atoms with van der Waals surface area (Å²) in [4.78, 5) is 4.64. The van der Waals surface area contributed by atoms with Crippen LogP contribution >= 0.6 is 0 Å². The number of hydrogen-bond acceptors (Lipinski definition) is 3. The highest BCUT2D eigenvalue weighted by atomic mass is 16.3. The number of rotatable bonds is 4. The highest BCUT2D eigenvalue weighted by Crippen LogP contribution is 2.24. The Balaban J connectivity index is 2.53. The first-order valence-corrected chi connectivity index (χ1v) is 5.64. The van der Waals surface area contributed by atoms with Crippen LogP contribution in [-0.2, 0) is 0 Å². The fourth-order valence-electron chi connectivity index (χ4n) is 2.53. The van der Waals surface area contributed by atoms with Crippen LogP contribution in [0.2, 0.25) is 0 Å². The van der Waals surface area contributed by atoms with Crippen molar-refractivity contribution < 1.29 is 5.11 Å². The molecule has 0 bridgehead atoms. The van der Waals surface area contributed by atoms with Gasteiger partial charge in [-0.1, -0.05) is 12.8 Å². The van der Waals surface area contributed by atoms with Gasteiger partial charge in [0.15, 0.2) is 0 Å². The van der Waals surface area contributed by atoms with Gasteiger partial charge in [-0.15, -0.1) is 0 Å². The van der Waals surface area contributed by atoms with Crippen molar-refractivity contribution in [2.45, 2.75) is 37.8 Å². The molecule has 1 fully saturated rings. The van der Waals surface area contributed by atoms with E-state index in [1.807, 2.05) is 0 Å². The third-order valence-electron chi connectivity index (χ3n) is 3.38. The molecule has 0 aromatic heterocycles. The number of nitrogens with zero attached hydrogens (tertiary/aromatic N) is 2. The zero-order valence-electron chi connectivity index (χ0n) is 9.74. The van der Waals surface area contributed by atoms with Crippen LogP contribution in [0.5, 0.6) is 0 Å². The summed E-state index contributed by atoms with van der Waals surface area (Å²) >= 11 is 0. The van der Waals surface area contributed by atoms with Crippen molar-refractivity contribution in [3.8, 4) is 0 Å². The second-order valence-corrected chi connectivity index (χ2v) is 4.59. The minimum absolute atomic E-state index is 0.271. The Kier molecular flexibility index (Phi) is 4.85. The summed E-state index contributed by atoms with van der Waals surface area (Å²) in [6.07, 6.45) is 5.27. The second-order valence-electron chi connectivity index (χ2n) is 4.59. The molecule has 0 heterocycles. The van der Waals surface area contributed by atoms with Crippen molar-refractivity contribution in [3.05, 3.63) is 0 Å². The van der Waals surface area contributed by atoms with Gasteiger partial charge in [0.2, 0.25) is 0 Å². The summed E-state index contributed by atoms with van der Waals surface area (Å²) in [6, 6.07) is 1.30. The van der Waals surface area contributed by atoms with Crippen molar-refractivity contribution in [2.24, 2.45) is 0 Å². The maximum Gasteiger partial charge on any atom is 0.0558 e. The van der Waals surface area contributed by atoms with Gasteiger partial charge in [-0.2, -0.15) is 0 Å². The van der Waals surface area contributed by atoms with E-state index >= 15 is 0 Å². The second kappa shape index (κ2) is 5.69. The van der Waals surface area contributed by atoms with Crippen LogP contribution in [0, 0.1) is 0 Å². The maximum absolute atomic E-state index is 8.94. The van der Waals surface area contributed by atoms with Gasteiger partial charge in [0.25, 0.3) is 0 Å². The van der Waals surface area contributed by atoms with Gasteiger partial charge < -0.3 is 10.0 Å².